The lowest BCUT2D eigenvalue weighted by molar-refractivity contribution is 0.0127. The van der Waals surface area contributed by atoms with E-state index in [9.17, 15) is 5.11 Å². The highest BCUT2D eigenvalue weighted by Gasteiger charge is 2.18. The number of thioether (sulfide) groups is 1. The smallest absolute Gasteiger partial charge is 0.0897 e. The fraction of sp³-hybridized carbons (Fsp3) is 0.875. The molecule has 0 saturated heterocycles. The quantitative estimate of drug-likeness (QED) is 0.609. The van der Waals surface area contributed by atoms with E-state index >= 15 is 0 Å². The van der Waals surface area contributed by atoms with Crippen LogP contribution in [0.3, 0.4) is 0 Å². The molecule has 3 nitrogen and oxygen atoms in total. The van der Waals surface area contributed by atoms with Crippen molar-refractivity contribution in [1.29, 1.82) is 0 Å². The highest BCUT2D eigenvalue weighted by Crippen LogP contribution is 2.24. The number of nitrogens with one attached hydrogen (secondary N) is 1. The minimum absolute atomic E-state index is 0.397. The highest BCUT2D eigenvalue weighted by atomic mass is 32.2. The van der Waals surface area contributed by atoms with Crippen molar-refractivity contribution in [3.05, 3.63) is 12.2 Å². The average Bonchev–Trinajstić information content (AvgIpc) is 2.41. The second-order valence-corrected chi connectivity index (χ2v) is 7.00. The maximum absolute atomic E-state index is 9.88. The first-order valence-electron chi connectivity index (χ1n) is 7.74. The van der Waals surface area contributed by atoms with Crippen LogP contribution in [0.15, 0.2) is 12.2 Å². The highest BCUT2D eigenvalue weighted by molar-refractivity contribution is 7.98. The van der Waals surface area contributed by atoms with Gasteiger partial charge in [0.15, 0.2) is 0 Å². The Hall–Kier alpha value is -0.0300. The summed E-state index contributed by atoms with van der Waals surface area (Å²) in [5.74, 6) is 3.12. The van der Waals surface area contributed by atoms with Crippen molar-refractivity contribution >= 4 is 11.8 Å². The third-order valence-corrected chi connectivity index (χ3v) is 4.79. The SMILES string of the molecule is CSCC(C)CNCC(O)COCC1CC=CCC1C. The molecule has 0 saturated carbocycles. The molecule has 4 unspecified atom stereocenters. The second kappa shape index (κ2) is 10.7. The van der Waals surface area contributed by atoms with Crippen molar-refractivity contribution in [3.8, 4) is 0 Å². The average molecular weight is 301 g/mol. The molecule has 0 aromatic carbocycles. The van der Waals surface area contributed by atoms with E-state index in [0.717, 1.165) is 31.7 Å². The first-order chi connectivity index (χ1) is 9.63. The van der Waals surface area contributed by atoms with Crippen LogP contribution in [0.5, 0.6) is 0 Å². The van der Waals surface area contributed by atoms with Crippen molar-refractivity contribution in [3.63, 3.8) is 0 Å². The number of hydrogen-bond acceptors (Lipinski definition) is 4. The monoisotopic (exact) mass is 301 g/mol. The minimum Gasteiger partial charge on any atom is -0.389 e. The third kappa shape index (κ3) is 7.67. The van der Waals surface area contributed by atoms with Gasteiger partial charge in [0.25, 0.3) is 0 Å². The molecule has 0 aromatic rings. The largest absolute Gasteiger partial charge is 0.389 e. The first kappa shape index (κ1) is 18.0. The van der Waals surface area contributed by atoms with E-state index in [1.165, 1.54) is 0 Å². The van der Waals surface area contributed by atoms with Gasteiger partial charge in [0, 0.05) is 6.54 Å². The third-order valence-electron chi connectivity index (χ3n) is 3.88. The summed E-state index contributed by atoms with van der Waals surface area (Å²) in [5.41, 5.74) is 0. The Bertz CT molecular complexity index is 273. The summed E-state index contributed by atoms with van der Waals surface area (Å²) in [5, 5.41) is 13.2. The molecule has 0 fully saturated rings. The van der Waals surface area contributed by atoms with Gasteiger partial charge in [-0.3, -0.25) is 0 Å². The molecule has 4 atom stereocenters. The van der Waals surface area contributed by atoms with Crippen LogP contribution in [-0.2, 0) is 4.74 Å². The van der Waals surface area contributed by atoms with Crippen LogP contribution in [0, 0.1) is 17.8 Å². The minimum atomic E-state index is -0.397. The van der Waals surface area contributed by atoms with Crippen molar-refractivity contribution in [1.82, 2.24) is 5.32 Å². The number of aliphatic hydroxyl groups excluding tert-OH is 1. The molecule has 0 bridgehead atoms. The van der Waals surface area contributed by atoms with Gasteiger partial charge in [-0.2, -0.15) is 11.8 Å². The van der Waals surface area contributed by atoms with Crippen molar-refractivity contribution in [2.24, 2.45) is 17.8 Å². The summed E-state index contributed by atoms with van der Waals surface area (Å²) in [7, 11) is 0. The fourth-order valence-electron chi connectivity index (χ4n) is 2.49. The van der Waals surface area contributed by atoms with E-state index in [1.807, 2.05) is 11.8 Å². The van der Waals surface area contributed by atoms with Crippen LogP contribution >= 0.6 is 11.8 Å². The number of allylic oxidation sites excluding steroid dienone is 2. The zero-order chi connectivity index (χ0) is 14.8. The zero-order valence-corrected chi connectivity index (χ0v) is 14.0. The van der Waals surface area contributed by atoms with Crippen LogP contribution in [0.25, 0.3) is 0 Å². The van der Waals surface area contributed by atoms with Crippen LogP contribution in [0.2, 0.25) is 0 Å². The molecular formula is C16H31NO2S. The lowest BCUT2D eigenvalue weighted by atomic mass is 9.85. The lowest BCUT2D eigenvalue weighted by Crippen LogP contribution is -2.34. The van der Waals surface area contributed by atoms with Gasteiger partial charge in [0.05, 0.1) is 19.3 Å². The van der Waals surface area contributed by atoms with Gasteiger partial charge < -0.3 is 15.2 Å². The molecule has 0 spiro atoms. The molecule has 0 amide bonds. The van der Waals surface area contributed by atoms with Gasteiger partial charge in [0.2, 0.25) is 0 Å². The Morgan fingerprint density at radius 1 is 1.35 bits per heavy atom. The molecule has 0 aliphatic heterocycles. The fourth-order valence-corrected chi connectivity index (χ4v) is 3.18. The molecule has 0 heterocycles. The second-order valence-electron chi connectivity index (χ2n) is 6.09. The van der Waals surface area contributed by atoms with Gasteiger partial charge in [-0.15, -0.1) is 0 Å². The molecule has 1 aliphatic rings. The van der Waals surface area contributed by atoms with E-state index in [2.05, 4.69) is 37.6 Å². The summed E-state index contributed by atoms with van der Waals surface area (Å²) in [6.07, 6.45) is 8.51. The standard InChI is InChI=1S/C16H31NO2S/c1-13(12-20-3)8-17-9-16(18)11-19-10-15-7-5-4-6-14(15)2/h4-5,13-18H,6-12H2,1-3H3. The van der Waals surface area contributed by atoms with Crippen molar-refractivity contribution in [2.75, 3.05) is 38.3 Å². The van der Waals surface area contributed by atoms with Gasteiger partial charge >= 0.3 is 0 Å². The molecule has 118 valence electrons. The predicted molar refractivity (Wildman–Crippen MR) is 88.3 cm³/mol. The molecule has 1 rings (SSSR count). The van der Waals surface area contributed by atoms with Gasteiger partial charge in [-0.1, -0.05) is 26.0 Å². The normalized spacial score (nSPS) is 25.6. The topological polar surface area (TPSA) is 41.5 Å². The van der Waals surface area contributed by atoms with E-state index < -0.39 is 6.10 Å². The Morgan fingerprint density at radius 3 is 2.80 bits per heavy atom. The van der Waals surface area contributed by atoms with Crippen molar-refractivity contribution in [2.45, 2.75) is 32.8 Å². The van der Waals surface area contributed by atoms with E-state index in [0.29, 0.717) is 30.9 Å². The number of rotatable bonds is 10. The van der Waals surface area contributed by atoms with Crippen LogP contribution < -0.4 is 5.32 Å². The van der Waals surface area contributed by atoms with Crippen molar-refractivity contribution < 1.29 is 9.84 Å². The maximum atomic E-state index is 9.88. The van der Waals surface area contributed by atoms with Crippen LogP contribution in [-0.4, -0.2) is 49.5 Å². The molecule has 2 N–H and O–H groups in total. The molecule has 4 heteroatoms. The molecule has 0 radical (unpaired) electrons. The first-order valence-corrected chi connectivity index (χ1v) is 9.13. The predicted octanol–water partition coefficient (Wildman–Crippen LogP) is 2.55. The van der Waals surface area contributed by atoms with Crippen LogP contribution in [0.1, 0.15) is 26.7 Å². The van der Waals surface area contributed by atoms with E-state index in [-0.39, 0.29) is 0 Å². The number of ether oxygens (including phenoxy) is 1. The Balaban J connectivity index is 2.02. The Morgan fingerprint density at radius 2 is 2.10 bits per heavy atom. The van der Waals surface area contributed by atoms with Gasteiger partial charge in [0.1, 0.15) is 0 Å². The summed E-state index contributed by atoms with van der Waals surface area (Å²) >= 11 is 1.87. The molecular weight excluding hydrogens is 270 g/mol. The maximum Gasteiger partial charge on any atom is 0.0897 e. The Kier molecular flexibility index (Phi) is 9.61. The summed E-state index contributed by atoms with van der Waals surface area (Å²) in [4.78, 5) is 0. The van der Waals surface area contributed by atoms with Gasteiger partial charge in [-0.05, 0) is 49.1 Å². The molecule has 20 heavy (non-hydrogen) atoms. The molecule has 1 aliphatic carbocycles. The number of aliphatic hydroxyl groups is 1. The van der Waals surface area contributed by atoms with Gasteiger partial charge in [-0.25, -0.2) is 0 Å². The van der Waals surface area contributed by atoms with Crippen LogP contribution in [0.4, 0.5) is 0 Å². The zero-order valence-electron chi connectivity index (χ0n) is 13.2. The number of hydrogen-bond donors (Lipinski definition) is 2. The lowest BCUT2D eigenvalue weighted by Gasteiger charge is -2.25. The van der Waals surface area contributed by atoms with E-state index in [4.69, 9.17) is 4.74 Å². The summed E-state index contributed by atoms with van der Waals surface area (Å²) in [6.45, 7) is 7.30. The molecule has 0 aromatic heterocycles. The van der Waals surface area contributed by atoms with E-state index in [1.54, 1.807) is 0 Å². The Labute approximate surface area is 128 Å². The summed E-state index contributed by atoms with van der Waals surface area (Å²) < 4.78 is 5.68. The summed E-state index contributed by atoms with van der Waals surface area (Å²) in [6, 6.07) is 0.